The van der Waals surface area contributed by atoms with Crippen LogP contribution in [0.5, 0.6) is 5.75 Å². The van der Waals surface area contributed by atoms with Gasteiger partial charge in [-0.3, -0.25) is 5.32 Å². The van der Waals surface area contributed by atoms with E-state index >= 15 is 0 Å². The van der Waals surface area contributed by atoms with E-state index in [2.05, 4.69) is 26.0 Å². The van der Waals surface area contributed by atoms with Crippen LogP contribution in [0.4, 0.5) is 19.3 Å². The summed E-state index contributed by atoms with van der Waals surface area (Å²) in [5, 5.41) is 2.36. The van der Waals surface area contributed by atoms with Gasteiger partial charge in [-0.1, -0.05) is 22.0 Å². The van der Waals surface area contributed by atoms with Gasteiger partial charge in [0, 0.05) is 10.2 Å². The number of carbonyl (C=O) groups is 1. The third-order valence-electron chi connectivity index (χ3n) is 2.20. The van der Waals surface area contributed by atoms with Crippen molar-refractivity contribution < 1.29 is 18.3 Å². The summed E-state index contributed by atoms with van der Waals surface area (Å²) in [5.74, 6) is -2.60. The molecule has 6 heteroatoms. The highest BCUT2D eigenvalue weighted by molar-refractivity contribution is 9.10. The third kappa shape index (κ3) is 3.51. The van der Waals surface area contributed by atoms with E-state index in [1.807, 2.05) is 0 Å². The maximum atomic E-state index is 13.3. The minimum atomic E-state index is -0.966. The average molecular weight is 328 g/mol. The fourth-order valence-corrected chi connectivity index (χ4v) is 1.61. The minimum absolute atomic E-state index is 0.449. The van der Waals surface area contributed by atoms with Gasteiger partial charge >= 0.3 is 6.09 Å². The molecule has 0 aliphatic rings. The number of amides is 1. The molecule has 2 aromatic carbocycles. The van der Waals surface area contributed by atoms with Gasteiger partial charge in [0.05, 0.1) is 0 Å². The molecule has 0 radical (unpaired) electrons. The predicted octanol–water partition coefficient (Wildman–Crippen LogP) is 4.34. The Labute approximate surface area is 116 Å². The smallest absolute Gasteiger partial charge is 0.404 e. The van der Waals surface area contributed by atoms with Crippen LogP contribution in [0, 0.1) is 11.6 Å². The lowest BCUT2D eigenvalue weighted by Crippen LogP contribution is -2.18. The molecular formula is C13H8BrF2NO2. The van der Waals surface area contributed by atoms with Gasteiger partial charge in [-0.15, -0.1) is 0 Å². The van der Waals surface area contributed by atoms with Crippen LogP contribution in [0.2, 0.25) is 0 Å². The molecule has 98 valence electrons. The highest BCUT2D eigenvalue weighted by Crippen LogP contribution is 2.21. The number of rotatable bonds is 2. The van der Waals surface area contributed by atoms with Crippen molar-refractivity contribution in [3.63, 3.8) is 0 Å². The first-order valence-electron chi connectivity index (χ1n) is 5.24. The van der Waals surface area contributed by atoms with Gasteiger partial charge in [0.1, 0.15) is 0 Å². The SMILES string of the molecule is O=C(Nc1ccc(Br)cc1)Oc1c(F)cccc1F. The molecule has 1 amide bonds. The topological polar surface area (TPSA) is 38.3 Å². The van der Waals surface area contributed by atoms with Crippen LogP contribution in [0.1, 0.15) is 0 Å². The lowest BCUT2D eigenvalue weighted by Gasteiger charge is -2.08. The molecular weight excluding hydrogens is 320 g/mol. The van der Waals surface area contributed by atoms with Crippen LogP contribution in [0.3, 0.4) is 0 Å². The molecule has 1 N–H and O–H groups in total. The first kappa shape index (κ1) is 13.5. The zero-order valence-electron chi connectivity index (χ0n) is 9.49. The van der Waals surface area contributed by atoms with Crippen LogP contribution in [-0.2, 0) is 0 Å². The van der Waals surface area contributed by atoms with Gasteiger partial charge in [0.15, 0.2) is 11.6 Å². The summed E-state index contributed by atoms with van der Waals surface area (Å²) < 4.78 is 31.9. The van der Waals surface area contributed by atoms with Gasteiger partial charge in [-0.25, -0.2) is 13.6 Å². The van der Waals surface area contributed by atoms with E-state index < -0.39 is 23.5 Å². The number of anilines is 1. The number of benzene rings is 2. The van der Waals surface area contributed by atoms with Crippen molar-refractivity contribution in [2.75, 3.05) is 5.32 Å². The molecule has 0 aromatic heterocycles. The number of para-hydroxylation sites is 1. The molecule has 19 heavy (non-hydrogen) atoms. The molecule has 0 saturated carbocycles. The summed E-state index contributed by atoms with van der Waals surface area (Å²) >= 11 is 3.24. The lowest BCUT2D eigenvalue weighted by atomic mass is 10.3. The van der Waals surface area contributed by atoms with Crippen LogP contribution in [0.25, 0.3) is 0 Å². The van der Waals surface area contributed by atoms with E-state index in [0.717, 1.165) is 16.6 Å². The highest BCUT2D eigenvalue weighted by atomic mass is 79.9. The second-order valence-electron chi connectivity index (χ2n) is 3.57. The highest BCUT2D eigenvalue weighted by Gasteiger charge is 2.14. The maximum absolute atomic E-state index is 13.3. The van der Waals surface area contributed by atoms with Gasteiger partial charge in [0.2, 0.25) is 5.75 Å². The van der Waals surface area contributed by atoms with Gasteiger partial charge in [-0.05, 0) is 36.4 Å². The normalized spacial score (nSPS) is 10.1. The molecule has 0 bridgehead atoms. The minimum Gasteiger partial charge on any atom is -0.404 e. The summed E-state index contributed by atoms with van der Waals surface area (Å²) in [4.78, 5) is 11.5. The molecule has 0 aliphatic heterocycles. The van der Waals surface area contributed by atoms with Crippen LogP contribution in [-0.4, -0.2) is 6.09 Å². The van der Waals surface area contributed by atoms with Crippen LogP contribution < -0.4 is 10.1 Å². The van der Waals surface area contributed by atoms with E-state index in [4.69, 9.17) is 0 Å². The molecule has 0 saturated heterocycles. The first-order valence-corrected chi connectivity index (χ1v) is 6.04. The zero-order chi connectivity index (χ0) is 13.8. The number of carbonyl (C=O) groups excluding carboxylic acids is 1. The number of hydrogen-bond acceptors (Lipinski definition) is 2. The number of nitrogens with one attached hydrogen (secondary N) is 1. The van der Waals surface area contributed by atoms with Gasteiger partial charge in [0.25, 0.3) is 0 Å². The monoisotopic (exact) mass is 327 g/mol. The maximum Gasteiger partial charge on any atom is 0.417 e. The Morgan fingerprint density at radius 2 is 1.63 bits per heavy atom. The predicted molar refractivity (Wildman–Crippen MR) is 70.1 cm³/mol. The van der Waals surface area contributed by atoms with Crippen molar-refractivity contribution in [1.29, 1.82) is 0 Å². The summed E-state index contributed by atoms with van der Waals surface area (Å²) in [6.07, 6.45) is -0.966. The van der Waals surface area contributed by atoms with Crippen molar-refractivity contribution in [2.24, 2.45) is 0 Å². The van der Waals surface area contributed by atoms with Crippen molar-refractivity contribution in [3.05, 3.63) is 58.6 Å². The second kappa shape index (κ2) is 5.79. The molecule has 2 rings (SSSR count). The molecule has 0 spiro atoms. The molecule has 0 aliphatic carbocycles. The summed E-state index contributed by atoms with van der Waals surface area (Å²) in [6, 6.07) is 9.84. The largest absolute Gasteiger partial charge is 0.417 e. The first-order chi connectivity index (χ1) is 9.06. The molecule has 0 unspecified atom stereocenters. The standard InChI is InChI=1S/C13H8BrF2NO2/c14-8-4-6-9(7-5-8)17-13(18)19-12-10(15)2-1-3-11(12)16/h1-7H,(H,17,18). The van der Waals surface area contributed by atoms with Gasteiger partial charge in [-0.2, -0.15) is 0 Å². The number of ether oxygens (including phenoxy) is 1. The van der Waals surface area contributed by atoms with Crippen LogP contribution >= 0.6 is 15.9 Å². The Hall–Kier alpha value is -1.95. The molecule has 0 fully saturated rings. The Balaban J connectivity index is 2.07. The summed E-state index contributed by atoms with van der Waals surface area (Å²) in [6.45, 7) is 0. The second-order valence-corrected chi connectivity index (χ2v) is 4.49. The Morgan fingerprint density at radius 3 is 2.21 bits per heavy atom. The lowest BCUT2D eigenvalue weighted by molar-refractivity contribution is 0.210. The number of hydrogen-bond donors (Lipinski definition) is 1. The Morgan fingerprint density at radius 1 is 1.05 bits per heavy atom. The summed E-state index contributed by atoms with van der Waals surface area (Å²) in [7, 11) is 0. The van der Waals surface area contributed by atoms with Crippen molar-refractivity contribution in [3.8, 4) is 5.75 Å². The van der Waals surface area contributed by atoms with Crippen LogP contribution in [0.15, 0.2) is 46.9 Å². The summed E-state index contributed by atoms with van der Waals surface area (Å²) in [5.41, 5.74) is 0.449. The van der Waals surface area contributed by atoms with E-state index in [1.54, 1.807) is 24.3 Å². The van der Waals surface area contributed by atoms with E-state index in [1.165, 1.54) is 6.07 Å². The third-order valence-corrected chi connectivity index (χ3v) is 2.73. The quantitative estimate of drug-likeness (QED) is 0.891. The van der Waals surface area contributed by atoms with Gasteiger partial charge < -0.3 is 4.74 Å². The van der Waals surface area contributed by atoms with Crippen molar-refractivity contribution in [1.82, 2.24) is 0 Å². The molecule has 0 heterocycles. The fourth-order valence-electron chi connectivity index (χ4n) is 1.35. The zero-order valence-corrected chi connectivity index (χ0v) is 11.1. The van der Waals surface area contributed by atoms with E-state index in [-0.39, 0.29) is 0 Å². The van der Waals surface area contributed by atoms with E-state index in [0.29, 0.717) is 5.69 Å². The van der Waals surface area contributed by atoms with Crippen molar-refractivity contribution in [2.45, 2.75) is 0 Å². The average Bonchev–Trinajstić information content (AvgIpc) is 2.37. The molecule has 0 atom stereocenters. The fraction of sp³-hybridized carbons (Fsp3) is 0. The Bertz CT molecular complexity index is 582. The molecule has 2 aromatic rings. The number of halogens is 3. The van der Waals surface area contributed by atoms with E-state index in [9.17, 15) is 13.6 Å². The molecule has 3 nitrogen and oxygen atoms in total. The van der Waals surface area contributed by atoms with Crippen molar-refractivity contribution >= 4 is 27.7 Å². The Kier molecular flexibility index (Phi) is 4.11.